The molecule has 0 spiro atoms. The minimum absolute atomic E-state index is 0.0338. The van der Waals surface area contributed by atoms with Gasteiger partial charge >= 0.3 is 0 Å². The Hall–Kier alpha value is -1.65. The Kier molecular flexibility index (Phi) is 3.34. The third-order valence-corrected chi connectivity index (χ3v) is 2.97. The molecule has 16 heavy (non-hydrogen) atoms. The van der Waals surface area contributed by atoms with Gasteiger partial charge in [0.05, 0.1) is 18.4 Å². The van der Waals surface area contributed by atoms with Crippen LogP contribution in [0.3, 0.4) is 0 Å². The van der Waals surface area contributed by atoms with E-state index in [-0.39, 0.29) is 5.84 Å². The minimum Gasteiger partial charge on any atom is -0.476 e. The number of hydrogen-bond donors (Lipinski definition) is 2. The Bertz CT molecular complexity index is 376. The molecule has 0 unspecified atom stereocenters. The summed E-state index contributed by atoms with van der Waals surface area (Å²) in [6, 6.07) is 1.65. The lowest BCUT2D eigenvalue weighted by Gasteiger charge is -2.24. The molecule has 1 aliphatic rings. The van der Waals surface area contributed by atoms with E-state index in [0.29, 0.717) is 18.1 Å². The Morgan fingerprint density at radius 2 is 2.38 bits per heavy atom. The summed E-state index contributed by atoms with van der Waals surface area (Å²) >= 11 is 0. The van der Waals surface area contributed by atoms with Gasteiger partial charge < -0.3 is 10.5 Å². The van der Waals surface area contributed by atoms with Crippen molar-refractivity contribution >= 4 is 5.84 Å². The molecule has 3 N–H and O–H groups in total. The molecule has 1 fully saturated rings. The Balaban J connectivity index is 1.89. The van der Waals surface area contributed by atoms with Crippen molar-refractivity contribution in [3.8, 4) is 5.88 Å². The van der Waals surface area contributed by atoms with Crippen LogP contribution in [0.4, 0.5) is 0 Å². The van der Waals surface area contributed by atoms with Gasteiger partial charge in [-0.15, -0.1) is 5.10 Å². The van der Waals surface area contributed by atoms with Crippen molar-refractivity contribution in [2.45, 2.75) is 25.7 Å². The van der Waals surface area contributed by atoms with Gasteiger partial charge in [0.1, 0.15) is 5.84 Å². The highest BCUT2D eigenvalue weighted by molar-refractivity contribution is 5.96. The molecule has 0 saturated heterocycles. The van der Waals surface area contributed by atoms with Gasteiger partial charge in [0.25, 0.3) is 0 Å². The van der Waals surface area contributed by atoms with Crippen LogP contribution in [0.15, 0.2) is 12.3 Å². The molecule has 1 aliphatic carbocycles. The molecule has 5 heteroatoms. The molecule has 1 heterocycles. The van der Waals surface area contributed by atoms with Crippen LogP contribution in [0, 0.1) is 11.3 Å². The van der Waals surface area contributed by atoms with E-state index in [0.717, 1.165) is 12.3 Å². The number of nitrogens with one attached hydrogen (secondary N) is 1. The first-order chi connectivity index (χ1) is 7.77. The Morgan fingerprint density at radius 1 is 1.56 bits per heavy atom. The van der Waals surface area contributed by atoms with Gasteiger partial charge in [-0.3, -0.25) is 5.41 Å². The van der Waals surface area contributed by atoms with E-state index in [9.17, 15) is 0 Å². The van der Waals surface area contributed by atoms with E-state index in [1.807, 2.05) is 0 Å². The van der Waals surface area contributed by atoms with Crippen molar-refractivity contribution < 1.29 is 4.74 Å². The highest BCUT2D eigenvalue weighted by Crippen LogP contribution is 2.29. The van der Waals surface area contributed by atoms with Crippen LogP contribution in [0.25, 0.3) is 0 Å². The topological polar surface area (TPSA) is 84.9 Å². The minimum atomic E-state index is -0.0338. The second-order valence-electron chi connectivity index (χ2n) is 4.10. The highest BCUT2D eigenvalue weighted by atomic mass is 16.5. The fourth-order valence-electron chi connectivity index (χ4n) is 1.73. The smallest absolute Gasteiger partial charge is 0.244 e. The van der Waals surface area contributed by atoms with Crippen molar-refractivity contribution in [1.82, 2.24) is 10.2 Å². The number of nitrogen functional groups attached to an aromatic ring is 1. The van der Waals surface area contributed by atoms with Crippen molar-refractivity contribution in [2.24, 2.45) is 11.7 Å². The van der Waals surface area contributed by atoms with Crippen LogP contribution < -0.4 is 10.5 Å². The maximum absolute atomic E-state index is 7.37. The van der Waals surface area contributed by atoms with E-state index >= 15 is 0 Å². The lowest BCUT2D eigenvalue weighted by Crippen LogP contribution is -2.17. The molecule has 1 saturated carbocycles. The van der Waals surface area contributed by atoms with Crippen molar-refractivity contribution in [1.29, 1.82) is 5.41 Å². The number of hydrogen-bond acceptors (Lipinski definition) is 4. The van der Waals surface area contributed by atoms with Gasteiger partial charge in [-0.2, -0.15) is 5.10 Å². The summed E-state index contributed by atoms with van der Waals surface area (Å²) in [6.07, 6.45) is 6.52. The molecule has 86 valence electrons. The fraction of sp³-hybridized carbons (Fsp3) is 0.545. The number of nitrogens with zero attached hydrogens (tertiary/aromatic N) is 2. The first-order valence-corrected chi connectivity index (χ1v) is 5.56. The fourth-order valence-corrected chi connectivity index (χ4v) is 1.73. The lowest BCUT2D eigenvalue weighted by atomic mass is 9.83. The molecular formula is C11H16N4O. The van der Waals surface area contributed by atoms with E-state index in [1.165, 1.54) is 25.5 Å². The molecule has 0 aliphatic heterocycles. The van der Waals surface area contributed by atoms with Crippen LogP contribution in [-0.4, -0.2) is 22.6 Å². The van der Waals surface area contributed by atoms with E-state index in [2.05, 4.69) is 10.2 Å². The molecule has 0 atom stereocenters. The number of rotatable bonds is 5. The number of ether oxygens (including phenoxy) is 1. The SMILES string of the molecule is N=C(N)c1ccnnc1OCCC1CCC1. The van der Waals surface area contributed by atoms with Crippen molar-refractivity contribution in [2.75, 3.05) is 6.61 Å². The summed E-state index contributed by atoms with van der Waals surface area (Å²) in [5.41, 5.74) is 5.94. The average molecular weight is 220 g/mol. The number of amidine groups is 1. The lowest BCUT2D eigenvalue weighted by molar-refractivity contribution is 0.216. The first-order valence-electron chi connectivity index (χ1n) is 5.56. The van der Waals surface area contributed by atoms with Gasteiger partial charge in [0.2, 0.25) is 5.88 Å². The predicted octanol–water partition coefficient (Wildman–Crippen LogP) is 1.33. The van der Waals surface area contributed by atoms with E-state index < -0.39 is 0 Å². The Morgan fingerprint density at radius 3 is 3.00 bits per heavy atom. The molecule has 1 aromatic rings. The van der Waals surface area contributed by atoms with E-state index in [1.54, 1.807) is 6.07 Å². The molecule has 0 aromatic carbocycles. The van der Waals surface area contributed by atoms with Gasteiger partial charge in [-0.1, -0.05) is 19.3 Å². The molecule has 0 amide bonds. The monoisotopic (exact) mass is 220 g/mol. The third-order valence-electron chi connectivity index (χ3n) is 2.97. The zero-order valence-electron chi connectivity index (χ0n) is 9.15. The number of aromatic nitrogens is 2. The highest BCUT2D eigenvalue weighted by Gasteiger charge is 2.17. The molecule has 0 radical (unpaired) electrons. The van der Waals surface area contributed by atoms with Crippen LogP contribution in [0.5, 0.6) is 5.88 Å². The third kappa shape index (κ3) is 2.48. The summed E-state index contributed by atoms with van der Waals surface area (Å²) in [5.74, 6) is 1.14. The van der Waals surface area contributed by atoms with Crippen molar-refractivity contribution in [3.05, 3.63) is 17.8 Å². The molecule has 5 nitrogen and oxygen atoms in total. The molecule has 2 rings (SSSR count). The first kappa shape index (κ1) is 10.9. The van der Waals surface area contributed by atoms with Crippen LogP contribution >= 0.6 is 0 Å². The van der Waals surface area contributed by atoms with Crippen LogP contribution in [-0.2, 0) is 0 Å². The summed E-state index contributed by atoms with van der Waals surface area (Å²) in [5, 5.41) is 15.0. The summed E-state index contributed by atoms with van der Waals surface area (Å²) in [4.78, 5) is 0. The van der Waals surface area contributed by atoms with E-state index in [4.69, 9.17) is 15.9 Å². The second-order valence-corrected chi connectivity index (χ2v) is 4.10. The molecular weight excluding hydrogens is 204 g/mol. The van der Waals surface area contributed by atoms with Gasteiger partial charge in [-0.25, -0.2) is 0 Å². The van der Waals surface area contributed by atoms with Crippen LogP contribution in [0.1, 0.15) is 31.2 Å². The van der Waals surface area contributed by atoms with Crippen molar-refractivity contribution in [3.63, 3.8) is 0 Å². The van der Waals surface area contributed by atoms with Gasteiger partial charge in [0.15, 0.2) is 0 Å². The standard InChI is InChI=1S/C11H16N4O/c12-10(13)9-4-6-14-15-11(9)16-7-5-8-2-1-3-8/h4,6,8H,1-3,5,7H2,(H3,12,13). The molecule has 0 bridgehead atoms. The summed E-state index contributed by atoms with van der Waals surface area (Å²) in [6.45, 7) is 0.629. The maximum Gasteiger partial charge on any atom is 0.244 e. The average Bonchev–Trinajstić information content (AvgIpc) is 2.22. The zero-order valence-corrected chi connectivity index (χ0v) is 9.15. The number of nitrogens with two attached hydrogens (primary N) is 1. The Labute approximate surface area is 94.5 Å². The molecule has 1 aromatic heterocycles. The normalized spacial score (nSPS) is 15.5. The second kappa shape index (κ2) is 4.92. The largest absolute Gasteiger partial charge is 0.476 e. The van der Waals surface area contributed by atoms with Gasteiger partial charge in [0, 0.05) is 0 Å². The maximum atomic E-state index is 7.37. The zero-order chi connectivity index (χ0) is 11.4. The predicted molar refractivity (Wildman–Crippen MR) is 60.5 cm³/mol. The summed E-state index contributed by atoms with van der Waals surface area (Å²) < 4.78 is 5.51. The van der Waals surface area contributed by atoms with Crippen LogP contribution in [0.2, 0.25) is 0 Å². The quantitative estimate of drug-likeness (QED) is 0.579. The summed E-state index contributed by atoms with van der Waals surface area (Å²) in [7, 11) is 0. The van der Waals surface area contributed by atoms with Gasteiger partial charge in [-0.05, 0) is 18.4 Å².